The Hall–Kier alpha value is -1.55. The van der Waals surface area contributed by atoms with Gasteiger partial charge in [0.2, 0.25) is 5.91 Å². The second-order valence-electron chi connectivity index (χ2n) is 5.63. The first-order chi connectivity index (χ1) is 9.16. The summed E-state index contributed by atoms with van der Waals surface area (Å²) in [5.74, 6) is 0.392. The molecule has 3 rings (SSSR count). The van der Waals surface area contributed by atoms with E-state index in [2.05, 4.69) is 34.5 Å². The van der Waals surface area contributed by atoms with Crippen LogP contribution in [-0.4, -0.2) is 25.0 Å². The Morgan fingerprint density at radius 2 is 2.11 bits per heavy atom. The standard InChI is InChI=1S/C15H21N3O/c1-10(16)11-4-6-12(7-5-11)18-8-2-3-13-14(18)9-17-15(13)19/h4-7,10,13-14H,2-3,8-9,16H2,1H3,(H,17,19)/t10-,13?,14?/m0/s1. The van der Waals surface area contributed by atoms with Crippen LogP contribution in [0.15, 0.2) is 24.3 Å². The molecule has 2 aliphatic heterocycles. The van der Waals surface area contributed by atoms with E-state index in [1.807, 2.05) is 6.92 Å². The van der Waals surface area contributed by atoms with Crippen LogP contribution in [0.5, 0.6) is 0 Å². The molecule has 1 aromatic rings. The Labute approximate surface area is 114 Å². The monoisotopic (exact) mass is 259 g/mol. The minimum atomic E-state index is 0.0675. The van der Waals surface area contributed by atoms with E-state index in [0.29, 0.717) is 6.04 Å². The summed E-state index contributed by atoms with van der Waals surface area (Å²) < 4.78 is 0. The molecule has 3 N–H and O–H groups in total. The van der Waals surface area contributed by atoms with Gasteiger partial charge < -0.3 is 16.0 Å². The van der Waals surface area contributed by atoms with Crippen LogP contribution in [0.3, 0.4) is 0 Å². The molecule has 4 heteroatoms. The van der Waals surface area contributed by atoms with E-state index in [4.69, 9.17) is 5.73 Å². The molecule has 2 saturated heterocycles. The van der Waals surface area contributed by atoms with Gasteiger partial charge in [-0.15, -0.1) is 0 Å². The van der Waals surface area contributed by atoms with E-state index >= 15 is 0 Å². The Morgan fingerprint density at radius 1 is 1.37 bits per heavy atom. The van der Waals surface area contributed by atoms with E-state index < -0.39 is 0 Å². The summed E-state index contributed by atoms with van der Waals surface area (Å²) in [7, 11) is 0. The summed E-state index contributed by atoms with van der Waals surface area (Å²) in [5, 5.41) is 2.99. The molecule has 2 fully saturated rings. The Morgan fingerprint density at radius 3 is 2.79 bits per heavy atom. The average molecular weight is 259 g/mol. The lowest BCUT2D eigenvalue weighted by molar-refractivity contribution is -0.122. The van der Waals surface area contributed by atoms with Gasteiger partial charge in [0.1, 0.15) is 0 Å². The molecule has 19 heavy (non-hydrogen) atoms. The number of rotatable bonds is 2. The van der Waals surface area contributed by atoms with Gasteiger partial charge in [0.25, 0.3) is 0 Å². The summed E-state index contributed by atoms with van der Waals surface area (Å²) in [4.78, 5) is 14.1. The summed E-state index contributed by atoms with van der Waals surface area (Å²) in [6, 6.07) is 8.83. The maximum Gasteiger partial charge on any atom is 0.225 e. The number of carbonyl (C=O) groups is 1. The fourth-order valence-electron chi connectivity index (χ4n) is 3.24. The van der Waals surface area contributed by atoms with Crippen molar-refractivity contribution in [3.63, 3.8) is 0 Å². The molecule has 0 saturated carbocycles. The topological polar surface area (TPSA) is 58.4 Å². The van der Waals surface area contributed by atoms with Gasteiger partial charge in [0, 0.05) is 24.8 Å². The van der Waals surface area contributed by atoms with Gasteiger partial charge in [-0.05, 0) is 37.5 Å². The Bertz CT molecular complexity index is 469. The predicted molar refractivity (Wildman–Crippen MR) is 75.9 cm³/mol. The van der Waals surface area contributed by atoms with Crippen LogP contribution < -0.4 is 16.0 Å². The lowest BCUT2D eigenvalue weighted by Crippen LogP contribution is -2.45. The number of anilines is 1. The summed E-state index contributed by atoms with van der Waals surface area (Å²) >= 11 is 0. The number of fused-ring (bicyclic) bond motifs is 1. The number of piperidine rings is 1. The number of nitrogens with two attached hydrogens (primary N) is 1. The lowest BCUT2D eigenvalue weighted by atomic mass is 9.91. The smallest absolute Gasteiger partial charge is 0.225 e. The zero-order chi connectivity index (χ0) is 13.4. The Kier molecular flexibility index (Phi) is 3.19. The molecule has 2 unspecified atom stereocenters. The lowest BCUT2D eigenvalue weighted by Gasteiger charge is -2.37. The quantitative estimate of drug-likeness (QED) is 0.844. The molecule has 1 amide bonds. The maximum atomic E-state index is 11.8. The van der Waals surface area contributed by atoms with Gasteiger partial charge in [-0.25, -0.2) is 0 Å². The number of nitrogens with one attached hydrogen (secondary N) is 1. The summed E-state index contributed by atoms with van der Waals surface area (Å²) in [6.45, 7) is 3.80. The molecular weight excluding hydrogens is 238 g/mol. The zero-order valence-electron chi connectivity index (χ0n) is 11.3. The molecule has 0 radical (unpaired) electrons. The number of hydrogen-bond donors (Lipinski definition) is 2. The minimum Gasteiger partial charge on any atom is -0.366 e. The average Bonchev–Trinajstić information content (AvgIpc) is 2.81. The molecule has 2 heterocycles. The minimum absolute atomic E-state index is 0.0675. The first-order valence-corrected chi connectivity index (χ1v) is 7.06. The second kappa shape index (κ2) is 4.85. The van der Waals surface area contributed by atoms with E-state index in [9.17, 15) is 4.79 Å². The van der Waals surface area contributed by atoms with Crippen molar-refractivity contribution < 1.29 is 4.79 Å². The molecular formula is C15H21N3O. The van der Waals surface area contributed by atoms with Crippen LogP contribution in [0.1, 0.15) is 31.4 Å². The number of carbonyl (C=O) groups excluding carboxylic acids is 1. The van der Waals surface area contributed by atoms with Crippen molar-refractivity contribution in [1.29, 1.82) is 0 Å². The first kappa shape index (κ1) is 12.5. The molecule has 0 spiro atoms. The normalized spacial score (nSPS) is 27.9. The van der Waals surface area contributed by atoms with Crippen LogP contribution in [0.4, 0.5) is 5.69 Å². The molecule has 102 valence electrons. The van der Waals surface area contributed by atoms with Crippen molar-refractivity contribution in [3.05, 3.63) is 29.8 Å². The van der Waals surface area contributed by atoms with E-state index in [-0.39, 0.29) is 17.9 Å². The number of nitrogens with zero attached hydrogens (tertiary/aromatic N) is 1. The van der Waals surface area contributed by atoms with Crippen molar-refractivity contribution >= 4 is 11.6 Å². The van der Waals surface area contributed by atoms with Crippen LogP contribution in [0.25, 0.3) is 0 Å². The maximum absolute atomic E-state index is 11.8. The van der Waals surface area contributed by atoms with Crippen LogP contribution >= 0.6 is 0 Å². The number of hydrogen-bond acceptors (Lipinski definition) is 3. The molecule has 4 nitrogen and oxygen atoms in total. The predicted octanol–water partition coefficient (Wildman–Crippen LogP) is 1.42. The van der Waals surface area contributed by atoms with Crippen molar-refractivity contribution in [3.8, 4) is 0 Å². The van der Waals surface area contributed by atoms with Gasteiger partial charge in [-0.3, -0.25) is 4.79 Å². The molecule has 1 aromatic carbocycles. The van der Waals surface area contributed by atoms with E-state index in [1.54, 1.807) is 0 Å². The SMILES string of the molecule is C[C@H](N)c1ccc(N2CCCC3C(=O)NCC32)cc1. The van der Waals surface area contributed by atoms with Crippen LogP contribution in [0.2, 0.25) is 0 Å². The third-order valence-electron chi connectivity index (χ3n) is 4.35. The van der Waals surface area contributed by atoms with Gasteiger partial charge in [0.15, 0.2) is 0 Å². The molecule has 3 atom stereocenters. The fraction of sp³-hybridized carbons (Fsp3) is 0.533. The van der Waals surface area contributed by atoms with Crippen molar-refractivity contribution in [2.24, 2.45) is 11.7 Å². The molecule has 0 aliphatic carbocycles. The van der Waals surface area contributed by atoms with Crippen molar-refractivity contribution in [1.82, 2.24) is 5.32 Å². The largest absolute Gasteiger partial charge is 0.366 e. The summed E-state index contributed by atoms with van der Waals surface area (Å²) in [6.07, 6.45) is 2.11. The highest BCUT2D eigenvalue weighted by Gasteiger charge is 2.40. The van der Waals surface area contributed by atoms with E-state index in [0.717, 1.165) is 31.5 Å². The van der Waals surface area contributed by atoms with Gasteiger partial charge in [-0.1, -0.05) is 12.1 Å². The van der Waals surface area contributed by atoms with Gasteiger partial charge in [-0.2, -0.15) is 0 Å². The fourth-order valence-corrected chi connectivity index (χ4v) is 3.24. The second-order valence-corrected chi connectivity index (χ2v) is 5.63. The van der Waals surface area contributed by atoms with Crippen LogP contribution in [0, 0.1) is 5.92 Å². The van der Waals surface area contributed by atoms with Gasteiger partial charge in [0.05, 0.1) is 12.0 Å². The highest BCUT2D eigenvalue weighted by Crippen LogP contribution is 2.31. The van der Waals surface area contributed by atoms with Gasteiger partial charge >= 0.3 is 0 Å². The highest BCUT2D eigenvalue weighted by atomic mass is 16.2. The Balaban J connectivity index is 1.83. The highest BCUT2D eigenvalue weighted by molar-refractivity contribution is 5.83. The van der Waals surface area contributed by atoms with E-state index in [1.165, 1.54) is 5.69 Å². The summed E-state index contributed by atoms with van der Waals surface area (Å²) in [5.41, 5.74) is 8.23. The first-order valence-electron chi connectivity index (χ1n) is 7.06. The number of benzene rings is 1. The van der Waals surface area contributed by atoms with Crippen molar-refractivity contribution in [2.75, 3.05) is 18.0 Å². The molecule has 0 bridgehead atoms. The number of amides is 1. The molecule has 2 aliphatic rings. The van der Waals surface area contributed by atoms with Crippen molar-refractivity contribution in [2.45, 2.75) is 31.8 Å². The molecule has 0 aromatic heterocycles. The third kappa shape index (κ3) is 2.21. The van der Waals surface area contributed by atoms with Crippen LogP contribution in [-0.2, 0) is 4.79 Å². The third-order valence-corrected chi connectivity index (χ3v) is 4.35. The zero-order valence-corrected chi connectivity index (χ0v) is 11.3.